The van der Waals surface area contributed by atoms with Crippen LogP contribution in [0.4, 0.5) is 0 Å². The van der Waals surface area contributed by atoms with Gasteiger partial charge in [-0.2, -0.15) is 17.9 Å². The molecule has 2 bridgehead atoms. The van der Waals surface area contributed by atoms with E-state index in [1.165, 1.54) is 11.1 Å². The van der Waals surface area contributed by atoms with Gasteiger partial charge in [0.15, 0.2) is 0 Å². The molecule has 0 spiro atoms. The van der Waals surface area contributed by atoms with Gasteiger partial charge in [-0.05, 0) is 79.2 Å². The summed E-state index contributed by atoms with van der Waals surface area (Å²) < 4.78 is 37.2. The molecule has 2 aromatic carbocycles. The molecule has 0 aromatic heterocycles. The molecule has 3 atom stereocenters. The zero-order valence-electron chi connectivity index (χ0n) is 17.2. The molecule has 0 heterocycles. The van der Waals surface area contributed by atoms with E-state index in [-0.39, 0.29) is 12.1 Å². The predicted molar refractivity (Wildman–Crippen MR) is 117 cm³/mol. The van der Waals surface area contributed by atoms with Crippen LogP contribution in [-0.2, 0) is 29.7 Å². The van der Waals surface area contributed by atoms with Gasteiger partial charge in [-0.3, -0.25) is 0 Å². The van der Waals surface area contributed by atoms with Crippen molar-refractivity contribution < 1.29 is 13.2 Å². The van der Waals surface area contributed by atoms with Gasteiger partial charge in [-0.1, -0.05) is 42.8 Å². The quantitative estimate of drug-likeness (QED) is 0.709. The van der Waals surface area contributed by atoms with Crippen molar-refractivity contribution in [2.75, 3.05) is 0 Å². The lowest BCUT2D eigenvalue weighted by Gasteiger charge is -2.29. The molecule has 0 saturated heterocycles. The van der Waals surface area contributed by atoms with Crippen LogP contribution >= 0.6 is 0 Å². The lowest BCUT2D eigenvalue weighted by Crippen LogP contribution is -2.51. The topological polar surface area (TPSA) is 67.4 Å². The first-order chi connectivity index (χ1) is 14.6. The standard InChI is InChI=1S/C24H30N2O3S/c27-30(28,25-22-7-4-8-22)26-24-19-9-10-20(24)14-21-15-23(12-11-18(21)13-19)29-16-17-5-2-1-3-6-17/h1-3,5-6,11-12,15,19-20,22,24-26H,4,7-10,13-14,16H2/t19-,20+,24+/m0/s1. The minimum atomic E-state index is -3.44. The van der Waals surface area contributed by atoms with Gasteiger partial charge in [-0.25, -0.2) is 0 Å². The van der Waals surface area contributed by atoms with Crippen molar-refractivity contribution in [1.82, 2.24) is 9.44 Å². The molecular weight excluding hydrogens is 396 g/mol. The SMILES string of the molecule is O=S(=O)(NC1CCC1)N[C@H]1[C@@H]2CC[C@H]1Cc1ccc(OCc3ccccc3)cc1C2. The first-order valence-corrected chi connectivity index (χ1v) is 12.6. The Bertz CT molecular complexity index is 989. The number of hydrogen-bond acceptors (Lipinski definition) is 3. The first-order valence-electron chi connectivity index (χ1n) is 11.1. The normalized spacial score (nSPS) is 25.9. The van der Waals surface area contributed by atoms with Crippen molar-refractivity contribution in [3.8, 4) is 5.75 Å². The average Bonchev–Trinajstić information content (AvgIpc) is 2.97. The molecule has 3 aliphatic rings. The molecular formula is C24H30N2O3S. The number of rotatable bonds is 7. The molecule has 0 unspecified atom stereocenters. The van der Waals surface area contributed by atoms with Crippen LogP contribution in [0.15, 0.2) is 48.5 Å². The summed E-state index contributed by atoms with van der Waals surface area (Å²) in [7, 11) is -3.44. The van der Waals surface area contributed by atoms with Gasteiger partial charge in [0.2, 0.25) is 0 Å². The maximum absolute atomic E-state index is 12.6. The van der Waals surface area contributed by atoms with Crippen LogP contribution in [0.25, 0.3) is 0 Å². The maximum atomic E-state index is 12.6. The van der Waals surface area contributed by atoms with E-state index in [0.717, 1.165) is 56.3 Å². The lowest BCUT2D eigenvalue weighted by atomic mass is 9.93. The zero-order chi connectivity index (χ0) is 20.6. The van der Waals surface area contributed by atoms with Gasteiger partial charge in [0.1, 0.15) is 12.4 Å². The third kappa shape index (κ3) is 4.41. The van der Waals surface area contributed by atoms with Crippen molar-refractivity contribution in [2.45, 2.75) is 63.6 Å². The van der Waals surface area contributed by atoms with E-state index in [1.54, 1.807) is 0 Å². The second-order valence-corrected chi connectivity index (χ2v) is 10.6. The van der Waals surface area contributed by atoms with Crippen molar-refractivity contribution in [3.05, 3.63) is 65.2 Å². The number of ether oxygens (including phenoxy) is 1. The van der Waals surface area contributed by atoms with Crippen LogP contribution in [0, 0.1) is 11.8 Å². The number of nitrogens with one attached hydrogen (secondary N) is 2. The van der Waals surface area contributed by atoms with Crippen molar-refractivity contribution in [1.29, 1.82) is 0 Å². The molecule has 0 radical (unpaired) electrons. The fraction of sp³-hybridized carbons (Fsp3) is 0.500. The summed E-state index contributed by atoms with van der Waals surface area (Å²) in [6, 6.07) is 16.7. The molecule has 0 aliphatic heterocycles. The third-order valence-electron chi connectivity index (χ3n) is 7.03. The van der Waals surface area contributed by atoms with E-state index in [0.29, 0.717) is 18.4 Å². The highest BCUT2D eigenvalue weighted by Gasteiger charge is 2.41. The fourth-order valence-corrected chi connectivity index (χ4v) is 6.65. The smallest absolute Gasteiger partial charge is 0.277 e. The van der Waals surface area contributed by atoms with Crippen LogP contribution in [-0.4, -0.2) is 20.5 Å². The van der Waals surface area contributed by atoms with Gasteiger partial charge >= 0.3 is 0 Å². The minimum absolute atomic E-state index is 0.0173. The highest BCUT2D eigenvalue weighted by Crippen LogP contribution is 2.41. The number of hydrogen-bond donors (Lipinski definition) is 2. The van der Waals surface area contributed by atoms with Gasteiger partial charge < -0.3 is 4.74 Å². The molecule has 30 heavy (non-hydrogen) atoms. The van der Waals surface area contributed by atoms with Gasteiger partial charge in [0, 0.05) is 12.1 Å². The summed E-state index contributed by atoms with van der Waals surface area (Å²) in [5.74, 6) is 1.60. The van der Waals surface area contributed by atoms with Gasteiger partial charge in [0.25, 0.3) is 10.2 Å². The molecule has 5 nitrogen and oxygen atoms in total. The number of fused-ring (bicyclic) bond motifs is 3. The van der Waals surface area contributed by atoms with Gasteiger partial charge in [0.05, 0.1) is 0 Å². The van der Waals surface area contributed by atoms with E-state index in [4.69, 9.17) is 4.74 Å². The summed E-state index contributed by atoms with van der Waals surface area (Å²) in [4.78, 5) is 0. The summed E-state index contributed by atoms with van der Waals surface area (Å²) in [6.45, 7) is 0.556. The van der Waals surface area contributed by atoms with Crippen molar-refractivity contribution >= 4 is 10.2 Å². The van der Waals surface area contributed by atoms with Crippen LogP contribution in [0.2, 0.25) is 0 Å². The van der Waals surface area contributed by atoms with E-state index < -0.39 is 10.2 Å². The molecule has 0 amide bonds. The van der Waals surface area contributed by atoms with Crippen LogP contribution in [0.5, 0.6) is 5.75 Å². The molecule has 2 N–H and O–H groups in total. The van der Waals surface area contributed by atoms with E-state index in [9.17, 15) is 8.42 Å². The Morgan fingerprint density at radius 2 is 1.60 bits per heavy atom. The molecule has 3 aliphatic carbocycles. The Labute approximate surface area is 179 Å². The summed E-state index contributed by atoms with van der Waals surface area (Å²) in [5, 5.41) is 0. The lowest BCUT2D eigenvalue weighted by molar-refractivity contribution is 0.305. The first kappa shape index (κ1) is 20.0. The Hall–Kier alpha value is -1.89. The Kier molecular flexibility index (Phi) is 5.56. The minimum Gasteiger partial charge on any atom is -0.489 e. The Morgan fingerprint density at radius 3 is 2.30 bits per heavy atom. The van der Waals surface area contributed by atoms with E-state index >= 15 is 0 Å². The fourth-order valence-electron chi connectivity index (χ4n) is 5.17. The maximum Gasteiger partial charge on any atom is 0.277 e. The second-order valence-electron chi connectivity index (χ2n) is 9.10. The van der Waals surface area contributed by atoms with Crippen LogP contribution in [0.1, 0.15) is 48.8 Å². The highest BCUT2D eigenvalue weighted by molar-refractivity contribution is 7.87. The van der Waals surface area contributed by atoms with Crippen molar-refractivity contribution in [2.24, 2.45) is 11.8 Å². The molecule has 5 rings (SSSR count). The number of benzene rings is 2. The van der Waals surface area contributed by atoms with Crippen LogP contribution < -0.4 is 14.2 Å². The summed E-state index contributed by atoms with van der Waals surface area (Å²) in [5.41, 5.74) is 3.80. The average molecular weight is 427 g/mol. The second kappa shape index (κ2) is 8.33. The predicted octanol–water partition coefficient (Wildman–Crippen LogP) is 3.74. The third-order valence-corrected chi connectivity index (χ3v) is 8.26. The van der Waals surface area contributed by atoms with Gasteiger partial charge in [-0.15, -0.1) is 0 Å². The molecule has 160 valence electrons. The van der Waals surface area contributed by atoms with Crippen molar-refractivity contribution in [3.63, 3.8) is 0 Å². The molecule has 6 heteroatoms. The molecule has 2 aromatic rings. The molecule has 2 fully saturated rings. The summed E-state index contributed by atoms with van der Waals surface area (Å²) in [6.07, 6.45) is 7.03. The Morgan fingerprint density at radius 1 is 0.867 bits per heavy atom. The summed E-state index contributed by atoms with van der Waals surface area (Å²) >= 11 is 0. The highest BCUT2D eigenvalue weighted by atomic mass is 32.2. The zero-order valence-corrected chi connectivity index (χ0v) is 18.0. The van der Waals surface area contributed by atoms with E-state index in [2.05, 4.69) is 39.8 Å². The Balaban J connectivity index is 1.27. The largest absolute Gasteiger partial charge is 0.489 e. The molecule has 2 saturated carbocycles. The van der Waals surface area contributed by atoms with Crippen LogP contribution in [0.3, 0.4) is 0 Å². The van der Waals surface area contributed by atoms with E-state index in [1.807, 2.05) is 18.2 Å². The monoisotopic (exact) mass is 426 g/mol.